The summed E-state index contributed by atoms with van der Waals surface area (Å²) in [6.45, 7) is 3.41. The number of anilines is 1. The highest BCUT2D eigenvalue weighted by molar-refractivity contribution is 7.89. The lowest BCUT2D eigenvalue weighted by Crippen LogP contribution is -3.19. The molecule has 0 spiro atoms. The zero-order chi connectivity index (χ0) is 21.0. The molecular weight excluding hydrogens is 397 g/mol. The van der Waals surface area contributed by atoms with Gasteiger partial charge in [-0.1, -0.05) is 12.1 Å². The number of hydrogen-bond donors (Lipinski definition) is 2. The average Bonchev–Trinajstić information content (AvgIpc) is 2.74. The standard InChI is InChI=1S/C20H24FN3O4S/c1-15(20(25)22-18-5-3-4-6-19(18)28-2)23-11-13-24(14-12-23)29(26,27)17-9-7-16(21)8-10-17/h3-10,15H,11-14H2,1-2H3,(H,22,25)/p+1/t15-/m0/s1. The number of nitrogens with one attached hydrogen (secondary N) is 2. The average molecular weight is 423 g/mol. The topological polar surface area (TPSA) is 80.2 Å². The fourth-order valence-corrected chi connectivity index (χ4v) is 4.82. The van der Waals surface area contributed by atoms with Crippen molar-refractivity contribution in [2.24, 2.45) is 0 Å². The highest BCUT2D eigenvalue weighted by Crippen LogP contribution is 2.23. The van der Waals surface area contributed by atoms with E-state index in [1.54, 1.807) is 19.2 Å². The summed E-state index contributed by atoms with van der Waals surface area (Å²) in [5.41, 5.74) is 0.601. The van der Waals surface area contributed by atoms with E-state index in [1.165, 1.54) is 16.4 Å². The van der Waals surface area contributed by atoms with Gasteiger partial charge < -0.3 is 15.0 Å². The highest BCUT2D eigenvalue weighted by atomic mass is 32.2. The van der Waals surface area contributed by atoms with Crippen molar-refractivity contribution in [3.8, 4) is 5.75 Å². The summed E-state index contributed by atoms with van der Waals surface area (Å²) in [6, 6.07) is 11.6. The number of quaternary nitrogens is 1. The summed E-state index contributed by atoms with van der Waals surface area (Å²) in [7, 11) is -2.13. The second kappa shape index (κ2) is 8.89. The van der Waals surface area contributed by atoms with Gasteiger partial charge in [-0.15, -0.1) is 0 Å². The molecule has 156 valence electrons. The summed E-state index contributed by atoms with van der Waals surface area (Å²) in [6.07, 6.45) is 0. The number of hydrogen-bond acceptors (Lipinski definition) is 4. The molecule has 3 rings (SSSR count). The number of amides is 1. The lowest BCUT2D eigenvalue weighted by molar-refractivity contribution is -0.917. The lowest BCUT2D eigenvalue weighted by Gasteiger charge is -2.34. The van der Waals surface area contributed by atoms with Gasteiger partial charge in [0.2, 0.25) is 10.0 Å². The number of piperazine rings is 1. The van der Waals surface area contributed by atoms with Crippen LogP contribution >= 0.6 is 0 Å². The maximum atomic E-state index is 13.1. The largest absolute Gasteiger partial charge is 0.495 e. The van der Waals surface area contributed by atoms with Gasteiger partial charge in [-0.05, 0) is 43.3 Å². The molecule has 0 aliphatic carbocycles. The first-order valence-electron chi connectivity index (χ1n) is 9.37. The molecule has 1 heterocycles. The Morgan fingerprint density at radius 1 is 1.14 bits per heavy atom. The first-order chi connectivity index (χ1) is 13.8. The minimum Gasteiger partial charge on any atom is -0.495 e. The van der Waals surface area contributed by atoms with Gasteiger partial charge in [0, 0.05) is 0 Å². The van der Waals surface area contributed by atoms with Crippen molar-refractivity contribution >= 4 is 21.6 Å². The normalized spacial score (nSPS) is 16.9. The van der Waals surface area contributed by atoms with Gasteiger partial charge in [0.15, 0.2) is 6.04 Å². The Labute approximate surface area is 170 Å². The molecule has 2 aromatic rings. The van der Waals surface area contributed by atoms with Crippen LogP contribution in [0, 0.1) is 5.82 Å². The number of nitrogens with zero attached hydrogens (tertiary/aromatic N) is 1. The summed E-state index contributed by atoms with van der Waals surface area (Å²) >= 11 is 0. The van der Waals surface area contributed by atoms with Crippen molar-refractivity contribution in [1.82, 2.24) is 4.31 Å². The molecule has 2 aromatic carbocycles. The molecule has 2 N–H and O–H groups in total. The van der Waals surface area contributed by atoms with E-state index in [1.807, 2.05) is 19.1 Å². The Bertz CT molecular complexity index is 958. The van der Waals surface area contributed by atoms with Crippen LogP contribution in [0.15, 0.2) is 53.4 Å². The van der Waals surface area contributed by atoms with Gasteiger partial charge in [0.1, 0.15) is 11.6 Å². The number of halogens is 1. The van der Waals surface area contributed by atoms with Crippen molar-refractivity contribution in [1.29, 1.82) is 0 Å². The van der Waals surface area contributed by atoms with Crippen LogP contribution in [-0.2, 0) is 14.8 Å². The second-order valence-electron chi connectivity index (χ2n) is 6.93. The smallest absolute Gasteiger partial charge is 0.282 e. The number of rotatable bonds is 6. The Hall–Kier alpha value is -2.49. The molecular formula is C20H25FN3O4S+. The molecule has 1 fully saturated rings. The van der Waals surface area contributed by atoms with Crippen molar-refractivity contribution in [2.75, 3.05) is 38.6 Å². The minimum absolute atomic E-state index is 0.0734. The highest BCUT2D eigenvalue weighted by Gasteiger charge is 2.34. The third kappa shape index (κ3) is 4.75. The first kappa shape index (κ1) is 21.2. The van der Waals surface area contributed by atoms with Crippen LogP contribution in [0.3, 0.4) is 0 Å². The molecule has 0 saturated carbocycles. The molecule has 9 heteroatoms. The van der Waals surface area contributed by atoms with E-state index < -0.39 is 15.8 Å². The van der Waals surface area contributed by atoms with Crippen LogP contribution in [0.1, 0.15) is 6.92 Å². The van der Waals surface area contributed by atoms with Crippen molar-refractivity contribution in [3.63, 3.8) is 0 Å². The van der Waals surface area contributed by atoms with Crippen LogP contribution in [0.25, 0.3) is 0 Å². The summed E-state index contributed by atoms with van der Waals surface area (Å²) < 4.78 is 45.2. The van der Waals surface area contributed by atoms with E-state index in [0.717, 1.165) is 17.0 Å². The molecule has 0 unspecified atom stereocenters. The van der Waals surface area contributed by atoms with Gasteiger partial charge in [-0.2, -0.15) is 4.31 Å². The minimum atomic E-state index is -3.67. The maximum Gasteiger partial charge on any atom is 0.282 e. The van der Waals surface area contributed by atoms with Crippen molar-refractivity contribution < 1.29 is 27.2 Å². The molecule has 1 atom stereocenters. The fourth-order valence-electron chi connectivity index (χ4n) is 3.38. The van der Waals surface area contributed by atoms with Crippen molar-refractivity contribution in [2.45, 2.75) is 17.9 Å². The Morgan fingerprint density at radius 3 is 2.38 bits per heavy atom. The molecule has 1 aliphatic rings. The van der Waals surface area contributed by atoms with Gasteiger partial charge in [-0.25, -0.2) is 12.8 Å². The predicted octanol–water partition coefficient (Wildman–Crippen LogP) is 0.751. The summed E-state index contributed by atoms with van der Waals surface area (Å²) in [5.74, 6) is -0.0503. The Kier molecular flexibility index (Phi) is 6.51. The van der Waals surface area contributed by atoms with Gasteiger partial charge in [-0.3, -0.25) is 4.79 Å². The third-order valence-corrected chi connectivity index (χ3v) is 7.10. The van der Waals surface area contributed by atoms with Gasteiger partial charge in [0.25, 0.3) is 5.91 Å². The molecule has 1 amide bonds. The van der Waals surface area contributed by atoms with E-state index >= 15 is 0 Å². The summed E-state index contributed by atoms with van der Waals surface area (Å²) in [4.78, 5) is 13.7. The maximum absolute atomic E-state index is 13.1. The van der Waals surface area contributed by atoms with E-state index in [0.29, 0.717) is 37.6 Å². The van der Waals surface area contributed by atoms with Crippen molar-refractivity contribution in [3.05, 3.63) is 54.3 Å². The number of para-hydroxylation sites is 2. The zero-order valence-electron chi connectivity index (χ0n) is 16.4. The first-order valence-corrected chi connectivity index (χ1v) is 10.8. The van der Waals surface area contributed by atoms with E-state index in [9.17, 15) is 17.6 Å². The molecule has 1 saturated heterocycles. The van der Waals surface area contributed by atoms with E-state index in [4.69, 9.17) is 4.74 Å². The molecule has 0 bridgehead atoms. The molecule has 1 aliphatic heterocycles. The predicted molar refractivity (Wildman–Crippen MR) is 107 cm³/mol. The number of carbonyl (C=O) groups excluding carboxylic acids is 1. The molecule has 7 nitrogen and oxygen atoms in total. The Morgan fingerprint density at radius 2 is 1.76 bits per heavy atom. The molecule has 0 aromatic heterocycles. The van der Waals surface area contributed by atoms with E-state index in [2.05, 4.69) is 5.32 Å². The van der Waals surface area contributed by atoms with Crippen LogP contribution in [0.5, 0.6) is 5.75 Å². The number of ether oxygens (including phenoxy) is 1. The monoisotopic (exact) mass is 422 g/mol. The number of methoxy groups -OCH3 is 1. The second-order valence-corrected chi connectivity index (χ2v) is 8.87. The Balaban J connectivity index is 1.61. The van der Waals surface area contributed by atoms with Crippen LogP contribution in [0.2, 0.25) is 0 Å². The fraction of sp³-hybridized carbons (Fsp3) is 0.350. The van der Waals surface area contributed by atoms with Crippen LogP contribution in [0.4, 0.5) is 10.1 Å². The van der Waals surface area contributed by atoms with E-state index in [-0.39, 0.29) is 16.8 Å². The molecule has 0 radical (unpaired) electrons. The molecule has 29 heavy (non-hydrogen) atoms. The SMILES string of the molecule is COc1ccccc1NC(=O)[C@H](C)[NH+]1CCN(S(=O)(=O)c2ccc(F)cc2)CC1. The quantitative estimate of drug-likeness (QED) is 0.720. The summed E-state index contributed by atoms with van der Waals surface area (Å²) in [5, 5.41) is 2.88. The third-order valence-electron chi connectivity index (χ3n) is 5.19. The zero-order valence-corrected chi connectivity index (χ0v) is 17.2. The van der Waals surface area contributed by atoms with Crippen LogP contribution in [-0.4, -0.2) is 58.0 Å². The van der Waals surface area contributed by atoms with Gasteiger partial charge in [0.05, 0.1) is 43.9 Å². The van der Waals surface area contributed by atoms with Crippen LogP contribution < -0.4 is 15.0 Å². The lowest BCUT2D eigenvalue weighted by atomic mass is 10.2. The number of benzene rings is 2. The number of sulfonamides is 1. The van der Waals surface area contributed by atoms with Gasteiger partial charge >= 0.3 is 0 Å². The number of carbonyl (C=O) groups is 1.